The maximum absolute atomic E-state index is 9.61. The van der Waals surface area contributed by atoms with E-state index in [0.29, 0.717) is 11.6 Å². The van der Waals surface area contributed by atoms with Crippen molar-refractivity contribution in [2.75, 3.05) is 6.61 Å². The third-order valence-corrected chi connectivity index (χ3v) is 2.71. The Morgan fingerprint density at radius 2 is 1.94 bits per heavy atom. The normalized spacial score (nSPS) is 13.1. The molecule has 4 nitrogen and oxygen atoms in total. The molecule has 0 saturated heterocycles. The average molecular weight is 226 g/mol. The van der Waals surface area contributed by atoms with E-state index in [1.165, 1.54) is 6.07 Å². The Hall–Kier alpha value is -1.29. The first-order valence-electron chi connectivity index (χ1n) is 5.50. The van der Waals surface area contributed by atoms with E-state index in [0.717, 1.165) is 6.42 Å². The van der Waals surface area contributed by atoms with Crippen LogP contribution in [-0.2, 0) is 0 Å². The topological polar surface area (TPSA) is 64.6 Å². The molecule has 0 aliphatic heterocycles. The van der Waals surface area contributed by atoms with Crippen LogP contribution in [0.4, 0.5) is 0 Å². The SMILES string of the molecule is Cc1c(O)c(O)cc[n+]1[C@H](CO)CC(C)C. The van der Waals surface area contributed by atoms with E-state index in [2.05, 4.69) is 13.8 Å². The van der Waals surface area contributed by atoms with Gasteiger partial charge < -0.3 is 15.3 Å². The van der Waals surface area contributed by atoms with Gasteiger partial charge in [0.15, 0.2) is 18.0 Å². The molecule has 1 aromatic heterocycles. The highest BCUT2D eigenvalue weighted by Crippen LogP contribution is 2.26. The van der Waals surface area contributed by atoms with Gasteiger partial charge in [-0.25, -0.2) is 0 Å². The first kappa shape index (κ1) is 12.8. The van der Waals surface area contributed by atoms with Gasteiger partial charge in [-0.15, -0.1) is 0 Å². The van der Waals surface area contributed by atoms with E-state index in [1.807, 2.05) is 0 Å². The highest BCUT2D eigenvalue weighted by atomic mass is 16.3. The van der Waals surface area contributed by atoms with Gasteiger partial charge in [0.25, 0.3) is 0 Å². The van der Waals surface area contributed by atoms with Gasteiger partial charge >= 0.3 is 0 Å². The second-order valence-corrected chi connectivity index (χ2v) is 4.51. The quantitative estimate of drug-likeness (QED) is 0.677. The molecule has 16 heavy (non-hydrogen) atoms. The summed E-state index contributed by atoms with van der Waals surface area (Å²) in [6.07, 6.45) is 2.51. The zero-order valence-electron chi connectivity index (χ0n) is 10.0. The minimum absolute atomic E-state index is 0.0217. The van der Waals surface area contributed by atoms with Crippen molar-refractivity contribution in [3.63, 3.8) is 0 Å². The van der Waals surface area contributed by atoms with E-state index in [4.69, 9.17) is 0 Å². The number of rotatable bonds is 4. The molecule has 0 aliphatic rings. The molecule has 0 amide bonds. The van der Waals surface area contributed by atoms with Gasteiger partial charge in [-0.2, -0.15) is 4.57 Å². The molecular weight excluding hydrogens is 206 g/mol. The fourth-order valence-electron chi connectivity index (χ4n) is 1.87. The lowest BCUT2D eigenvalue weighted by Crippen LogP contribution is -2.44. The van der Waals surface area contributed by atoms with Crippen molar-refractivity contribution in [1.29, 1.82) is 0 Å². The molecule has 0 bridgehead atoms. The lowest BCUT2D eigenvalue weighted by Gasteiger charge is -2.14. The largest absolute Gasteiger partial charge is 0.504 e. The van der Waals surface area contributed by atoms with E-state index >= 15 is 0 Å². The van der Waals surface area contributed by atoms with E-state index in [9.17, 15) is 15.3 Å². The van der Waals surface area contributed by atoms with Crippen molar-refractivity contribution in [1.82, 2.24) is 0 Å². The highest BCUT2D eigenvalue weighted by molar-refractivity contribution is 5.36. The van der Waals surface area contributed by atoms with Crippen LogP contribution in [0.15, 0.2) is 12.3 Å². The van der Waals surface area contributed by atoms with Gasteiger partial charge in [-0.3, -0.25) is 0 Å². The number of aliphatic hydroxyl groups is 1. The second kappa shape index (κ2) is 5.16. The molecular formula is C12H20NO3+. The Morgan fingerprint density at radius 1 is 1.31 bits per heavy atom. The van der Waals surface area contributed by atoms with Gasteiger partial charge in [-0.1, -0.05) is 13.8 Å². The molecule has 1 aromatic rings. The highest BCUT2D eigenvalue weighted by Gasteiger charge is 2.24. The number of pyridine rings is 1. The van der Waals surface area contributed by atoms with E-state index < -0.39 is 0 Å². The Labute approximate surface area is 95.8 Å². The predicted octanol–water partition coefficient (Wildman–Crippen LogP) is 1.27. The summed E-state index contributed by atoms with van der Waals surface area (Å²) < 4.78 is 1.80. The minimum Gasteiger partial charge on any atom is -0.504 e. The van der Waals surface area contributed by atoms with Crippen LogP contribution in [0.1, 0.15) is 32.0 Å². The number of aliphatic hydroxyl groups excluding tert-OH is 1. The Bertz CT molecular complexity index is 364. The number of hydrogen-bond acceptors (Lipinski definition) is 3. The molecule has 3 N–H and O–H groups in total. The van der Waals surface area contributed by atoms with E-state index in [-0.39, 0.29) is 24.1 Å². The molecule has 1 rings (SSSR count). The molecule has 1 atom stereocenters. The molecule has 0 unspecified atom stereocenters. The molecule has 1 heterocycles. The van der Waals surface area contributed by atoms with Gasteiger partial charge in [0.1, 0.15) is 6.61 Å². The summed E-state index contributed by atoms with van der Waals surface area (Å²) in [6.45, 7) is 5.91. The maximum Gasteiger partial charge on any atom is 0.226 e. The lowest BCUT2D eigenvalue weighted by molar-refractivity contribution is -0.731. The number of aromatic nitrogens is 1. The fourth-order valence-corrected chi connectivity index (χ4v) is 1.87. The molecule has 4 heteroatoms. The van der Waals surface area contributed by atoms with Crippen LogP contribution < -0.4 is 4.57 Å². The number of nitrogens with zero attached hydrogens (tertiary/aromatic N) is 1. The zero-order valence-corrected chi connectivity index (χ0v) is 10.0. The molecule has 0 radical (unpaired) electrons. The molecule has 0 fully saturated rings. The van der Waals surface area contributed by atoms with Gasteiger partial charge in [0, 0.05) is 19.4 Å². The monoisotopic (exact) mass is 226 g/mol. The Kier molecular flexibility index (Phi) is 4.12. The van der Waals surface area contributed by atoms with Crippen LogP contribution in [-0.4, -0.2) is 21.9 Å². The first-order chi connectivity index (χ1) is 7.47. The molecule has 0 aromatic carbocycles. The van der Waals surface area contributed by atoms with Crippen LogP contribution in [0.25, 0.3) is 0 Å². The Balaban J connectivity index is 3.06. The van der Waals surface area contributed by atoms with Crippen LogP contribution in [0, 0.1) is 12.8 Å². The maximum atomic E-state index is 9.61. The third-order valence-electron chi connectivity index (χ3n) is 2.71. The van der Waals surface area contributed by atoms with Crippen molar-refractivity contribution in [3.05, 3.63) is 18.0 Å². The van der Waals surface area contributed by atoms with Gasteiger partial charge in [0.2, 0.25) is 11.4 Å². The number of hydrogen-bond donors (Lipinski definition) is 3. The summed E-state index contributed by atoms with van der Waals surface area (Å²) in [5, 5.41) is 28.3. The molecule has 0 saturated carbocycles. The van der Waals surface area contributed by atoms with Gasteiger partial charge in [0.05, 0.1) is 0 Å². The van der Waals surface area contributed by atoms with Crippen molar-refractivity contribution >= 4 is 0 Å². The minimum atomic E-state index is -0.130. The van der Waals surface area contributed by atoms with Crippen LogP contribution in [0.2, 0.25) is 0 Å². The first-order valence-corrected chi connectivity index (χ1v) is 5.50. The van der Waals surface area contributed by atoms with Crippen molar-refractivity contribution < 1.29 is 19.9 Å². The molecule has 0 aliphatic carbocycles. The van der Waals surface area contributed by atoms with Crippen LogP contribution >= 0.6 is 0 Å². The summed E-state index contributed by atoms with van der Waals surface area (Å²) in [6, 6.07) is 1.37. The lowest BCUT2D eigenvalue weighted by atomic mass is 10.0. The average Bonchev–Trinajstić information content (AvgIpc) is 2.23. The van der Waals surface area contributed by atoms with Crippen LogP contribution in [0.5, 0.6) is 11.5 Å². The number of aromatic hydroxyl groups is 2. The molecule has 90 valence electrons. The standard InChI is InChI=1S/C12H19NO3/c1-8(2)6-10(7-14)13-5-4-11(15)12(16)9(13)3/h4-5,8,10,14,16H,6-7H2,1-3H3/p+1/t10-/m0/s1. The summed E-state index contributed by atoms with van der Waals surface area (Å²) >= 11 is 0. The zero-order chi connectivity index (χ0) is 12.3. The summed E-state index contributed by atoms with van der Waals surface area (Å²) in [7, 11) is 0. The third kappa shape index (κ3) is 2.64. The Morgan fingerprint density at radius 3 is 2.44 bits per heavy atom. The van der Waals surface area contributed by atoms with Crippen molar-refractivity contribution in [2.45, 2.75) is 33.2 Å². The van der Waals surface area contributed by atoms with Crippen molar-refractivity contribution in [3.8, 4) is 11.5 Å². The van der Waals surface area contributed by atoms with Crippen molar-refractivity contribution in [2.24, 2.45) is 5.92 Å². The molecule has 0 spiro atoms. The predicted molar refractivity (Wildman–Crippen MR) is 60.3 cm³/mol. The van der Waals surface area contributed by atoms with Gasteiger partial charge in [-0.05, 0) is 5.92 Å². The second-order valence-electron chi connectivity index (χ2n) is 4.51. The summed E-state index contributed by atoms with van der Waals surface area (Å²) in [4.78, 5) is 0. The smallest absolute Gasteiger partial charge is 0.226 e. The fraction of sp³-hybridized carbons (Fsp3) is 0.583. The summed E-state index contributed by atoms with van der Waals surface area (Å²) in [5.41, 5.74) is 0.569. The van der Waals surface area contributed by atoms with Crippen LogP contribution in [0.3, 0.4) is 0 Å². The van der Waals surface area contributed by atoms with E-state index in [1.54, 1.807) is 17.7 Å². The summed E-state index contributed by atoms with van der Waals surface area (Å²) in [5.74, 6) is 0.208.